The molecule has 1 rings (SSSR count). The molecule has 0 aliphatic heterocycles. The maximum Gasteiger partial charge on any atom is 0.129 e. The molecule has 0 spiro atoms. The fourth-order valence-corrected chi connectivity index (χ4v) is 0.981. The van der Waals surface area contributed by atoms with Crippen LogP contribution in [0.15, 0.2) is 12.4 Å². The van der Waals surface area contributed by atoms with Gasteiger partial charge in [-0.25, -0.2) is 9.97 Å². The molecule has 1 unspecified atom stereocenters. The van der Waals surface area contributed by atoms with Crippen LogP contribution in [0.25, 0.3) is 0 Å². The molecule has 0 aromatic carbocycles. The van der Waals surface area contributed by atoms with Crippen LogP contribution in [0.1, 0.15) is 19.5 Å². The number of nitrogens with zero attached hydrogens (tertiary/aromatic N) is 2. The Bertz CT molecular complexity index is 262. The van der Waals surface area contributed by atoms with Gasteiger partial charge in [-0.2, -0.15) is 0 Å². The number of hydrogen-bond acceptors (Lipinski definition) is 4. The summed E-state index contributed by atoms with van der Waals surface area (Å²) in [7, 11) is 0. The van der Waals surface area contributed by atoms with E-state index in [9.17, 15) is 0 Å². The molecular formula is C9H16N4. The Morgan fingerprint density at radius 1 is 1.54 bits per heavy atom. The van der Waals surface area contributed by atoms with Crippen molar-refractivity contribution < 1.29 is 0 Å². The third-order valence-corrected chi connectivity index (χ3v) is 1.83. The maximum absolute atomic E-state index is 5.48. The fraction of sp³-hybridized carbons (Fsp3) is 0.556. The third-order valence-electron chi connectivity index (χ3n) is 1.83. The highest BCUT2D eigenvalue weighted by molar-refractivity contribution is 5.35. The molecule has 0 aliphatic carbocycles. The number of hydrogen-bond donors (Lipinski definition) is 2. The summed E-state index contributed by atoms with van der Waals surface area (Å²) in [5.74, 6) is 0.852. The van der Waals surface area contributed by atoms with E-state index in [1.54, 1.807) is 6.33 Å². The van der Waals surface area contributed by atoms with Crippen LogP contribution in [-0.2, 0) is 6.42 Å². The number of anilines is 1. The predicted molar refractivity (Wildman–Crippen MR) is 53.5 cm³/mol. The highest BCUT2D eigenvalue weighted by atomic mass is 15.0. The van der Waals surface area contributed by atoms with E-state index in [4.69, 9.17) is 5.73 Å². The molecule has 0 saturated carbocycles. The first kappa shape index (κ1) is 9.92. The Morgan fingerprint density at radius 2 is 2.31 bits per heavy atom. The predicted octanol–water partition coefficient (Wildman–Crippen LogP) is 0.798. The molecule has 0 amide bonds. The second-order valence-corrected chi connectivity index (χ2v) is 3.03. The molecule has 1 atom stereocenters. The first-order valence-corrected chi connectivity index (χ1v) is 4.53. The van der Waals surface area contributed by atoms with Gasteiger partial charge in [-0.15, -0.1) is 0 Å². The van der Waals surface area contributed by atoms with Gasteiger partial charge in [0.25, 0.3) is 0 Å². The molecule has 4 nitrogen and oxygen atoms in total. The van der Waals surface area contributed by atoms with E-state index in [2.05, 4.69) is 22.2 Å². The summed E-state index contributed by atoms with van der Waals surface area (Å²) < 4.78 is 0. The fourth-order valence-electron chi connectivity index (χ4n) is 0.981. The summed E-state index contributed by atoms with van der Waals surface area (Å²) in [6, 6.07) is 2.20. The van der Waals surface area contributed by atoms with Gasteiger partial charge in [0.15, 0.2) is 0 Å². The summed E-state index contributed by atoms with van der Waals surface area (Å²) >= 11 is 0. The molecule has 4 heteroatoms. The van der Waals surface area contributed by atoms with Gasteiger partial charge in [-0.1, -0.05) is 6.92 Å². The van der Waals surface area contributed by atoms with Gasteiger partial charge >= 0.3 is 0 Å². The normalized spacial score (nSPS) is 12.5. The quantitative estimate of drug-likeness (QED) is 0.719. The van der Waals surface area contributed by atoms with Gasteiger partial charge in [-0.05, 0) is 13.3 Å². The van der Waals surface area contributed by atoms with Gasteiger partial charge in [-0.3, -0.25) is 0 Å². The van der Waals surface area contributed by atoms with Crippen molar-refractivity contribution in [2.45, 2.75) is 26.3 Å². The van der Waals surface area contributed by atoms with Crippen molar-refractivity contribution >= 4 is 5.82 Å². The van der Waals surface area contributed by atoms with Crippen molar-refractivity contribution in [1.82, 2.24) is 9.97 Å². The standard InChI is InChI=1S/C9H16N4/c1-3-8-4-9(12-6-11-8)13-7(2)5-10/h4,6-7H,3,5,10H2,1-2H3,(H,11,12,13). The summed E-state index contributed by atoms with van der Waals surface area (Å²) in [6.45, 7) is 4.69. The summed E-state index contributed by atoms with van der Waals surface area (Å²) in [5, 5.41) is 3.19. The monoisotopic (exact) mass is 180 g/mol. The van der Waals surface area contributed by atoms with E-state index in [-0.39, 0.29) is 6.04 Å². The van der Waals surface area contributed by atoms with Gasteiger partial charge in [0.2, 0.25) is 0 Å². The lowest BCUT2D eigenvalue weighted by Crippen LogP contribution is -2.25. The maximum atomic E-state index is 5.48. The first-order valence-electron chi connectivity index (χ1n) is 4.53. The molecule has 1 aromatic heterocycles. The Balaban J connectivity index is 2.66. The van der Waals surface area contributed by atoms with Gasteiger partial charge in [0.05, 0.1) is 0 Å². The molecule has 0 saturated heterocycles. The number of nitrogens with one attached hydrogen (secondary N) is 1. The molecular weight excluding hydrogens is 164 g/mol. The molecule has 1 aromatic rings. The lowest BCUT2D eigenvalue weighted by Gasteiger charge is -2.11. The summed E-state index contributed by atoms with van der Waals surface area (Å²) in [6.07, 6.45) is 2.50. The van der Waals surface area contributed by atoms with E-state index in [0.717, 1.165) is 17.9 Å². The second kappa shape index (κ2) is 4.77. The number of nitrogens with two attached hydrogens (primary N) is 1. The van der Waals surface area contributed by atoms with Crippen molar-refractivity contribution in [2.24, 2.45) is 5.73 Å². The minimum absolute atomic E-state index is 0.250. The molecule has 3 N–H and O–H groups in total. The van der Waals surface area contributed by atoms with Crippen molar-refractivity contribution in [3.05, 3.63) is 18.1 Å². The topological polar surface area (TPSA) is 63.8 Å². The minimum Gasteiger partial charge on any atom is -0.366 e. The average molecular weight is 180 g/mol. The zero-order chi connectivity index (χ0) is 9.68. The Morgan fingerprint density at radius 3 is 2.92 bits per heavy atom. The van der Waals surface area contributed by atoms with Gasteiger partial charge in [0.1, 0.15) is 12.1 Å². The van der Waals surface area contributed by atoms with E-state index >= 15 is 0 Å². The Labute approximate surface area is 78.6 Å². The number of rotatable bonds is 4. The Hall–Kier alpha value is -1.16. The van der Waals surface area contributed by atoms with E-state index < -0.39 is 0 Å². The van der Waals surface area contributed by atoms with E-state index in [1.165, 1.54) is 0 Å². The van der Waals surface area contributed by atoms with Crippen LogP contribution in [0.2, 0.25) is 0 Å². The molecule has 13 heavy (non-hydrogen) atoms. The van der Waals surface area contributed by atoms with E-state index in [0.29, 0.717) is 6.54 Å². The SMILES string of the molecule is CCc1cc(NC(C)CN)ncn1. The van der Waals surface area contributed by atoms with Crippen LogP contribution in [0.5, 0.6) is 0 Å². The number of aromatic nitrogens is 2. The van der Waals surface area contributed by atoms with Crippen LogP contribution in [-0.4, -0.2) is 22.6 Å². The van der Waals surface area contributed by atoms with Crippen LogP contribution < -0.4 is 11.1 Å². The van der Waals surface area contributed by atoms with Crippen LogP contribution in [0.3, 0.4) is 0 Å². The largest absolute Gasteiger partial charge is 0.366 e. The lowest BCUT2D eigenvalue weighted by atomic mass is 10.3. The lowest BCUT2D eigenvalue weighted by molar-refractivity contribution is 0.795. The molecule has 0 aliphatic rings. The van der Waals surface area contributed by atoms with Crippen LogP contribution >= 0.6 is 0 Å². The summed E-state index contributed by atoms with van der Waals surface area (Å²) in [5.41, 5.74) is 6.53. The second-order valence-electron chi connectivity index (χ2n) is 3.03. The van der Waals surface area contributed by atoms with Crippen molar-refractivity contribution in [1.29, 1.82) is 0 Å². The minimum atomic E-state index is 0.250. The molecule has 1 heterocycles. The smallest absolute Gasteiger partial charge is 0.129 e. The molecule has 72 valence electrons. The zero-order valence-corrected chi connectivity index (χ0v) is 8.12. The van der Waals surface area contributed by atoms with Gasteiger partial charge < -0.3 is 11.1 Å². The first-order chi connectivity index (χ1) is 6.26. The van der Waals surface area contributed by atoms with Crippen molar-refractivity contribution in [2.75, 3.05) is 11.9 Å². The van der Waals surface area contributed by atoms with E-state index in [1.807, 2.05) is 13.0 Å². The number of aryl methyl sites for hydroxylation is 1. The Kier molecular flexibility index (Phi) is 3.64. The molecule has 0 radical (unpaired) electrons. The van der Waals surface area contributed by atoms with Crippen LogP contribution in [0.4, 0.5) is 5.82 Å². The van der Waals surface area contributed by atoms with Crippen molar-refractivity contribution in [3.8, 4) is 0 Å². The third kappa shape index (κ3) is 2.99. The summed E-state index contributed by atoms with van der Waals surface area (Å²) in [4.78, 5) is 8.21. The van der Waals surface area contributed by atoms with Gasteiger partial charge in [0, 0.05) is 24.3 Å². The molecule has 0 fully saturated rings. The van der Waals surface area contributed by atoms with Crippen molar-refractivity contribution in [3.63, 3.8) is 0 Å². The highest BCUT2D eigenvalue weighted by Crippen LogP contribution is 2.05. The van der Waals surface area contributed by atoms with Crippen LogP contribution in [0, 0.1) is 0 Å². The molecule has 0 bridgehead atoms. The zero-order valence-electron chi connectivity index (χ0n) is 8.12. The average Bonchev–Trinajstić information content (AvgIpc) is 2.18. The highest BCUT2D eigenvalue weighted by Gasteiger charge is 2.00.